The van der Waals surface area contributed by atoms with Crippen molar-refractivity contribution in [3.63, 3.8) is 0 Å². The monoisotopic (exact) mass is 288 g/mol. The molecule has 0 amide bonds. The number of aromatic nitrogens is 1. The van der Waals surface area contributed by atoms with Gasteiger partial charge >= 0.3 is 6.18 Å². The minimum atomic E-state index is -4.56. The molecule has 0 aliphatic carbocycles. The zero-order valence-electron chi connectivity index (χ0n) is 12.1. The first-order valence-corrected chi connectivity index (χ1v) is 6.44. The quantitative estimate of drug-likeness (QED) is 0.779. The molecule has 0 spiro atoms. The van der Waals surface area contributed by atoms with Crippen LogP contribution in [0.1, 0.15) is 42.6 Å². The van der Waals surface area contributed by atoms with E-state index in [1.807, 2.05) is 0 Å². The predicted molar refractivity (Wildman–Crippen MR) is 70.6 cm³/mol. The topological polar surface area (TPSA) is 33.2 Å². The Morgan fingerprint density at radius 1 is 1.25 bits per heavy atom. The van der Waals surface area contributed by atoms with Crippen LogP contribution >= 0.6 is 0 Å². The highest BCUT2D eigenvalue weighted by Gasteiger charge is 2.42. The van der Waals surface area contributed by atoms with Gasteiger partial charge in [-0.15, -0.1) is 0 Å². The van der Waals surface area contributed by atoms with Crippen LogP contribution in [0.5, 0.6) is 0 Å². The van der Waals surface area contributed by atoms with Gasteiger partial charge in [0.2, 0.25) is 0 Å². The van der Waals surface area contributed by atoms with Crippen LogP contribution in [-0.4, -0.2) is 35.3 Å². The molecular formula is C14H19F3N2O. The number of pyridine rings is 1. The van der Waals surface area contributed by atoms with Crippen LogP contribution in [0.2, 0.25) is 0 Å². The molecule has 1 heterocycles. The van der Waals surface area contributed by atoms with E-state index in [2.05, 4.69) is 4.98 Å². The Kier molecular flexibility index (Phi) is 4.91. The number of rotatable bonds is 5. The normalized spacial score (nSPS) is 12.8. The Bertz CT molecular complexity index is 480. The SMILES string of the molecule is CCC(CC)(C(=O)c1cnccc1C(F)(F)F)N(C)C. The number of Topliss-reactive ketones (excluding diaryl/α,β-unsaturated/α-hetero) is 1. The van der Waals surface area contributed by atoms with Crippen LogP contribution in [0.25, 0.3) is 0 Å². The van der Waals surface area contributed by atoms with E-state index < -0.39 is 23.1 Å². The van der Waals surface area contributed by atoms with Crippen LogP contribution < -0.4 is 0 Å². The van der Waals surface area contributed by atoms with Gasteiger partial charge in [0.1, 0.15) is 0 Å². The second-order valence-electron chi connectivity index (χ2n) is 4.88. The lowest BCUT2D eigenvalue weighted by atomic mass is 9.82. The van der Waals surface area contributed by atoms with E-state index >= 15 is 0 Å². The van der Waals surface area contributed by atoms with Gasteiger partial charge in [0.05, 0.1) is 16.7 Å². The first-order valence-electron chi connectivity index (χ1n) is 6.44. The van der Waals surface area contributed by atoms with Crippen LogP contribution in [0.3, 0.4) is 0 Å². The maximum Gasteiger partial charge on any atom is 0.417 e. The first kappa shape index (κ1) is 16.6. The number of carbonyl (C=O) groups is 1. The Balaban J connectivity index is 3.41. The third-order valence-corrected chi connectivity index (χ3v) is 3.82. The van der Waals surface area contributed by atoms with E-state index in [1.54, 1.807) is 32.8 Å². The van der Waals surface area contributed by atoms with Crippen molar-refractivity contribution in [3.05, 3.63) is 29.6 Å². The van der Waals surface area contributed by atoms with Gasteiger partial charge in [0, 0.05) is 12.4 Å². The van der Waals surface area contributed by atoms with Crippen molar-refractivity contribution in [3.8, 4) is 0 Å². The molecule has 1 aromatic rings. The van der Waals surface area contributed by atoms with Crippen molar-refractivity contribution in [1.82, 2.24) is 9.88 Å². The summed E-state index contributed by atoms with van der Waals surface area (Å²) >= 11 is 0. The molecule has 20 heavy (non-hydrogen) atoms. The smallest absolute Gasteiger partial charge is 0.297 e. The highest BCUT2D eigenvalue weighted by atomic mass is 19.4. The molecule has 0 fully saturated rings. The number of hydrogen-bond donors (Lipinski definition) is 0. The summed E-state index contributed by atoms with van der Waals surface area (Å²) < 4.78 is 39.0. The van der Waals surface area contributed by atoms with Crippen molar-refractivity contribution < 1.29 is 18.0 Å². The molecule has 3 nitrogen and oxygen atoms in total. The van der Waals surface area contributed by atoms with Gasteiger partial charge in [-0.3, -0.25) is 14.7 Å². The molecule has 1 aromatic heterocycles. The molecule has 0 aromatic carbocycles. The fourth-order valence-electron chi connectivity index (χ4n) is 2.48. The summed E-state index contributed by atoms with van der Waals surface area (Å²) in [6.45, 7) is 3.59. The van der Waals surface area contributed by atoms with Crippen molar-refractivity contribution in [2.45, 2.75) is 38.4 Å². The third-order valence-electron chi connectivity index (χ3n) is 3.82. The maximum atomic E-state index is 13.0. The number of ketones is 1. The summed E-state index contributed by atoms with van der Waals surface area (Å²) in [4.78, 5) is 18.0. The molecule has 0 aliphatic heterocycles. The van der Waals surface area contributed by atoms with E-state index in [1.165, 1.54) is 0 Å². The molecule has 1 rings (SSSR count). The van der Waals surface area contributed by atoms with Crippen molar-refractivity contribution in [1.29, 1.82) is 0 Å². The second-order valence-corrected chi connectivity index (χ2v) is 4.88. The Hall–Kier alpha value is -1.43. The van der Waals surface area contributed by atoms with Gasteiger partial charge in [-0.05, 0) is 33.0 Å². The lowest BCUT2D eigenvalue weighted by Crippen LogP contribution is -2.50. The van der Waals surface area contributed by atoms with E-state index in [0.29, 0.717) is 12.8 Å². The minimum absolute atomic E-state index is 0.364. The number of hydrogen-bond acceptors (Lipinski definition) is 3. The Morgan fingerprint density at radius 3 is 2.20 bits per heavy atom. The lowest BCUT2D eigenvalue weighted by molar-refractivity contribution is -0.138. The minimum Gasteiger partial charge on any atom is -0.297 e. The molecule has 0 unspecified atom stereocenters. The van der Waals surface area contributed by atoms with Crippen molar-refractivity contribution >= 4 is 5.78 Å². The molecule has 6 heteroatoms. The number of halogens is 3. The van der Waals surface area contributed by atoms with E-state index in [0.717, 1.165) is 18.5 Å². The summed E-state index contributed by atoms with van der Waals surface area (Å²) in [5.74, 6) is -0.534. The van der Waals surface area contributed by atoms with Crippen molar-refractivity contribution in [2.24, 2.45) is 0 Å². The molecule has 0 atom stereocenters. The lowest BCUT2D eigenvalue weighted by Gasteiger charge is -2.37. The molecular weight excluding hydrogens is 269 g/mol. The van der Waals surface area contributed by atoms with Gasteiger partial charge in [-0.25, -0.2) is 0 Å². The highest BCUT2D eigenvalue weighted by molar-refractivity contribution is 6.04. The van der Waals surface area contributed by atoms with E-state index in [4.69, 9.17) is 0 Å². The van der Waals surface area contributed by atoms with Gasteiger partial charge in [0.15, 0.2) is 5.78 Å². The number of alkyl halides is 3. The molecule has 0 radical (unpaired) electrons. The maximum absolute atomic E-state index is 13.0. The molecule has 0 N–H and O–H groups in total. The van der Waals surface area contributed by atoms with E-state index in [-0.39, 0.29) is 5.56 Å². The van der Waals surface area contributed by atoms with Gasteiger partial charge < -0.3 is 0 Å². The largest absolute Gasteiger partial charge is 0.417 e. The zero-order chi connectivity index (χ0) is 15.6. The second kappa shape index (κ2) is 5.91. The fourth-order valence-corrected chi connectivity index (χ4v) is 2.48. The van der Waals surface area contributed by atoms with Gasteiger partial charge in [0.25, 0.3) is 0 Å². The Labute approximate surface area is 116 Å². The van der Waals surface area contributed by atoms with Crippen LogP contribution in [0.15, 0.2) is 18.5 Å². The van der Waals surface area contributed by atoms with Crippen LogP contribution in [0.4, 0.5) is 13.2 Å². The molecule has 0 bridgehead atoms. The summed E-state index contributed by atoms with van der Waals surface area (Å²) in [6.07, 6.45) is -1.64. The van der Waals surface area contributed by atoms with Gasteiger partial charge in [-0.1, -0.05) is 13.8 Å². The van der Waals surface area contributed by atoms with Crippen LogP contribution in [0, 0.1) is 0 Å². The first-order chi connectivity index (χ1) is 9.20. The predicted octanol–water partition coefficient (Wildman–Crippen LogP) is 3.40. The number of likely N-dealkylation sites (N-methyl/N-ethyl adjacent to an activating group) is 1. The summed E-state index contributed by atoms with van der Waals surface area (Å²) in [6, 6.07) is 0.846. The highest BCUT2D eigenvalue weighted by Crippen LogP contribution is 2.35. The summed E-state index contributed by atoms with van der Waals surface area (Å²) in [5.41, 5.74) is -2.23. The standard InChI is InChI=1S/C14H19F3N2O/c1-5-13(6-2,19(3)4)12(20)10-9-18-8-7-11(10)14(15,16)17/h7-9H,5-6H2,1-4H3. The number of carbonyl (C=O) groups excluding carboxylic acids is 1. The van der Waals surface area contributed by atoms with Crippen LogP contribution in [-0.2, 0) is 6.18 Å². The average molecular weight is 288 g/mol. The number of nitrogens with zero attached hydrogens (tertiary/aromatic N) is 2. The summed E-state index contributed by atoms with van der Waals surface area (Å²) in [7, 11) is 3.41. The molecule has 0 aliphatic rings. The molecule has 112 valence electrons. The summed E-state index contributed by atoms with van der Waals surface area (Å²) in [5, 5.41) is 0. The Morgan fingerprint density at radius 2 is 1.80 bits per heavy atom. The fraction of sp³-hybridized carbons (Fsp3) is 0.571. The zero-order valence-corrected chi connectivity index (χ0v) is 12.1. The molecule has 0 saturated heterocycles. The van der Waals surface area contributed by atoms with E-state index in [9.17, 15) is 18.0 Å². The molecule has 0 saturated carbocycles. The van der Waals surface area contributed by atoms with Gasteiger partial charge in [-0.2, -0.15) is 13.2 Å². The average Bonchev–Trinajstić information content (AvgIpc) is 2.39. The van der Waals surface area contributed by atoms with Crippen molar-refractivity contribution in [2.75, 3.05) is 14.1 Å². The third kappa shape index (κ3) is 2.85.